The minimum absolute atomic E-state index is 0.0325. The van der Waals surface area contributed by atoms with Crippen molar-refractivity contribution < 1.29 is 13.9 Å². The Balaban J connectivity index is 1.19. The average Bonchev–Trinajstić information content (AvgIpc) is 3.41. The number of halogens is 1. The van der Waals surface area contributed by atoms with E-state index in [-0.39, 0.29) is 30.1 Å². The first kappa shape index (κ1) is 21.8. The van der Waals surface area contributed by atoms with Crippen LogP contribution < -0.4 is 15.5 Å². The van der Waals surface area contributed by atoms with Gasteiger partial charge in [-0.05, 0) is 35.9 Å². The van der Waals surface area contributed by atoms with E-state index in [1.807, 2.05) is 20.2 Å². The van der Waals surface area contributed by atoms with Gasteiger partial charge in [-0.25, -0.2) is 14.4 Å². The first-order valence-corrected chi connectivity index (χ1v) is 11.2. The molecule has 2 aliphatic rings. The topological polar surface area (TPSA) is 71.5 Å². The van der Waals surface area contributed by atoms with E-state index in [1.165, 1.54) is 23.4 Å². The lowest BCUT2D eigenvalue weighted by molar-refractivity contribution is 0.0675. The maximum Gasteiger partial charge on any atom is 0.223 e. The number of nitrogens with one attached hydrogen (secondary N) is 2. The molecule has 7 nitrogen and oxygen atoms in total. The second kappa shape index (κ2) is 9.43. The molecule has 0 radical (unpaired) electrons. The molecule has 172 valence electrons. The van der Waals surface area contributed by atoms with Gasteiger partial charge in [-0.15, -0.1) is 0 Å². The highest BCUT2D eigenvalue weighted by atomic mass is 19.1. The Morgan fingerprint density at radius 1 is 1.00 bits per heavy atom. The van der Waals surface area contributed by atoms with E-state index in [0.717, 1.165) is 6.54 Å². The standard InChI is InChI=1S/C25H28FN5O2/c1-31(2)19-8-6-16(7-9-19)13-28-21-14-32-24-22(15-33-23(21)24)30-25-27-11-10-20(29-25)17-4-3-5-18(26)12-17/h3-12,21-24,28H,13-15H2,1-2H3,(H,27,29,30)/t21-,22-,23+,24+/m0/s1. The molecule has 2 N–H and O–H groups in total. The third kappa shape index (κ3) is 4.83. The summed E-state index contributed by atoms with van der Waals surface area (Å²) in [7, 11) is 4.07. The van der Waals surface area contributed by atoms with Gasteiger partial charge in [-0.3, -0.25) is 0 Å². The SMILES string of the molecule is CN(C)c1ccc(CN[C@H]2CO[C@H]3[C@@H]2OC[C@@H]3Nc2nccc(-c3cccc(F)c3)n2)cc1. The lowest BCUT2D eigenvalue weighted by Crippen LogP contribution is -2.41. The van der Waals surface area contributed by atoms with Crippen LogP contribution in [0.4, 0.5) is 16.0 Å². The van der Waals surface area contributed by atoms with Crippen molar-refractivity contribution in [2.75, 3.05) is 37.5 Å². The van der Waals surface area contributed by atoms with Gasteiger partial charge in [0.25, 0.3) is 0 Å². The molecule has 0 bridgehead atoms. The number of ether oxygens (including phenoxy) is 2. The molecule has 0 spiro atoms. The van der Waals surface area contributed by atoms with Gasteiger partial charge < -0.3 is 25.0 Å². The van der Waals surface area contributed by atoms with Crippen LogP contribution in [0.3, 0.4) is 0 Å². The van der Waals surface area contributed by atoms with E-state index in [2.05, 4.69) is 49.8 Å². The lowest BCUT2D eigenvalue weighted by atomic mass is 10.1. The second-order valence-corrected chi connectivity index (χ2v) is 8.67. The molecule has 8 heteroatoms. The van der Waals surface area contributed by atoms with Crippen LogP contribution in [-0.2, 0) is 16.0 Å². The van der Waals surface area contributed by atoms with E-state index >= 15 is 0 Å². The number of aromatic nitrogens is 2. The third-order valence-corrected chi connectivity index (χ3v) is 6.16. The fourth-order valence-electron chi connectivity index (χ4n) is 4.36. The second-order valence-electron chi connectivity index (χ2n) is 8.67. The highest BCUT2D eigenvalue weighted by Gasteiger charge is 2.47. The summed E-state index contributed by atoms with van der Waals surface area (Å²) in [5.74, 6) is 0.186. The fraction of sp³-hybridized carbons (Fsp3) is 0.360. The van der Waals surface area contributed by atoms with Crippen LogP contribution in [0.1, 0.15) is 5.56 Å². The Morgan fingerprint density at radius 3 is 2.52 bits per heavy atom. The smallest absolute Gasteiger partial charge is 0.223 e. The normalized spacial score (nSPS) is 24.0. The van der Waals surface area contributed by atoms with Crippen LogP contribution in [0.2, 0.25) is 0 Å². The highest BCUT2D eigenvalue weighted by Crippen LogP contribution is 2.29. The van der Waals surface area contributed by atoms with Crippen LogP contribution in [0.25, 0.3) is 11.3 Å². The summed E-state index contributed by atoms with van der Waals surface area (Å²) in [5.41, 5.74) is 3.77. The monoisotopic (exact) mass is 449 g/mol. The first-order chi connectivity index (χ1) is 16.1. The number of anilines is 2. The number of hydrogen-bond donors (Lipinski definition) is 2. The molecule has 0 aliphatic carbocycles. The number of hydrogen-bond acceptors (Lipinski definition) is 7. The van der Waals surface area contributed by atoms with Crippen LogP contribution in [-0.4, -0.2) is 61.6 Å². The molecule has 3 heterocycles. The number of rotatable bonds is 7. The summed E-state index contributed by atoms with van der Waals surface area (Å²) in [6.07, 6.45) is 1.56. The van der Waals surface area contributed by atoms with Crippen LogP contribution >= 0.6 is 0 Å². The Kier molecular flexibility index (Phi) is 6.22. The fourth-order valence-corrected chi connectivity index (χ4v) is 4.36. The van der Waals surface area contributed by atoms with Crippen molar-refractivity contribution in [1.29, 1.82) is 0 Å². The Morgan fingerprint density at radius 2 is 1.76 bits per heavy atom. The predicted octanol–water partition coefficient (Wildman–Crippen LogP) is 3.09. The van der Waals surface area contributed by atoms with Crippen LogP contribution in [0, 0.1) is 5.82 Å². The number of nitrogens with zero attached hydrogens (tertiary/aromatic N) is 3. The van der Waals surface area contributed by atoms with Crippen molar-refractivity contribution in [3.05, 3.63) is 72.2 Å². The summed E-state index contributed by atoms with van der Waals surface area (Å²) in [5, 5.41) is 6.93. The summed E-state index contributed by atoms with van der Waals surface area (Å²) < 4.78 is 25.7. The summed E-state index contributed by atoms with van der Waals surface area (Å²) in [6.45, 7) is 1.86. The molecule has 0 amide bonds. The molecule has 1 aromatic heterocycles. The van der Waals surface area contributed by atoms with Crippen molar-refractivity contribution in [1.82, 2.24) is 15.3 Å². The molecule has 2 aliphatic heterocycles. The van der Waals surface area contributed by atoms with Gasteiger partial charge in [0.15, 0.2) is 0 Å². The molecule has 0 unspecified atom stereocenters. The predicted molar refractivity (Wildman–Crippen MR) is 126 cm³/mol. The molecule has 2 saturated heterocycles. The van der Waals surface area contributed by atoms with Crippen molar-refractivity contribution >= 4 is 11.6 Å². The molecule has 5 rings (SSSR count). The van der Waals surface area contributed by atoms with Crippen molar-refractivity contribution in [3.8, 4) is 11.3 Å². The van der Waals surface area contributed by atoms with Gasteiger partial charge in [0.05, 0.1) is 31.0 Å². The van der Waals surface area contributed by atoms with Gasteiger partial charge in [-0.2, -0.15) is 0 Å². The Bertz CT molecular complexity index is 1090. The maximum atomic E-state index is 13.6. The van der Waals surface area contributed by atoms with Gasteiger partial charge in [0, 0.05) is 38.1 Å². The van der Waals surface area contributed by atoms with E-state index in [4.69, 9.17) is 9.47 Å². The van der Waals surface area contributed by atoms with Crippen molar-refractivity contribution in [3.63, 3.8) is 0 Å². The zero-order valence-corrected chi connectivity index (χ0v) is 18.7. The van der Waals surface area contributed by atoms with Crippen LogP contribution in [0.15, 0.2) is 60.8 Å². The quantitative estimate of drug-likeness (QED) is 0.574. The first-order valence-electron chi connectivity index (χ1n) is 11.2. The molecule has 4 atom stereocenters. The zero-order chi connectivity index (χ0) is 22.8. The van der Waals surface area contributed by atoms with Crippen molar-refractivity contribution in [2.45, 2.75) is 30.8 Å². The molecule has 3 aromatic rings. The van der Waals surface area contributed by atoms with E-state index in [9.17, 15) is 4.39 Å². The Hall–Kier alpha value is -3.07. The Labute approximate surface area is 193 Å². The number of fused-ring (bicyclic) bond motifs is 1. The van der Waals surface area contributed by atoms with E-state index < -0.39 is 0 Å². The summed E-state index contributed by atoms with van der Waals surface area (Å²) >= 11 is 0. The molecular formula is C25H28FN5O2. The van der Waals surface area contributed by atoms with Gasteiger partial charge in [0.1, 0.15) is 18.0 Å². The molecule has 0 saturated carbocycles. The summed E-state index contributed by atoms with van der Waals surface area (Å²) in [4.78, 5) is 11.0. The lowest BCUT2D eigenvalue weighted by Gasteiger charge is -2.19. The highest BCUT2D eigenvalue weighted by molar-refractivity contribution is 5.60. The average molecular weight is 450 g/mol. The summed E-state index contributed by atoms with van der Waals surface area (Å²) in [6, 6.07) is 16.7. The van der Waals surface area contributed by atoms with Gasteiger partial charge in [0.2, 0.25) is 5.95 Å². The minimum Gasteiger partial charge on any atom is -0.378 e. The molecular weight excluding hydrogens is 421 g/mol. The molecule has 2 aromatic carbocycles. The van der Waals surface area contributed by atoms with Gasteiger partial charge in [-0.1, -0.05) is 24.3 Å². The maximum absolute atomic E-state index is 13.6. The molecule has 33 heavy (non-hydrogen) atoms. The number of benzene rings is 2. The van der Waals surface area contributed by atoms with Crippen molar-refractivity contribution in [2.24, 2.45) is 0 Å². The van der Waals surface area contributed by atoms with E-state index in [1.54, 1.807) is 18.3 Å². The minimum atomic E-state index is -0.292. The largest absolute Gasteiger partial charge is 0.378 e. The zero-order valence-electron chi connectivity index (χ0n) is 18.7. The van der Waals surface area contributed by atoms with E-state index in [0.29, 0.717) is 30.4 Å². The molecule has 2 fully saturated rings. The van der Waals surface area contributed by atoms with Gasteiger partial charge >= 0.3 is 0 Å². The van der Waals surface area contributed by atoms with Crippen LogP contribution in [0.5, 0.6) is 0 Å². The third-order valence-electron chi connectivity index (χ3n) is 6.16.